The molecule has 0 radical (unpaired) electrons. The minimum atomic E-state index is -1.01. The highest BCUT2D eigenvalue weighted by atomic mass is 16.5. The van der Waals surface area contributed by atoms with Crippen LogP contribution in [0.25, 0.3) is 0 Å². The zero-order chi connectivity index (χ0) is 23.3. The normalized spacial score (nSPS) is 17.2. The summed E-state index contributed by atoms with van der Waals surface area (Å²) < 4.78 is 4.68. The van der Waals surface area contributed by atoms with Gasteiger partial charge in [0.2, 0.25) is 0 Å². The molecule has 170 valence electrons. The van der Waals surface area contributed by atoms with E-state index >= 15 is 0 Å². The van der Waals surface area contributed by atoms with Gasteiger partial charge in [0, 0.05) is 24.3 Å². The maximum atomic E-state index is 13.4. The van der Waals surface area contributed by atoms with Crippen molar-refractivity contribution < 1.29 is 24.3 Å². The van der Waals surface area contributed by atoms with Crippen molar-refractivity contribution in [2.75, 3.05) is 23.9 Å². The maximum absolute atomic E-state index is 13.4. The molecule has 0 bridgehead atoms. The molecule has 0 saturated carbocycles. The van der Waals surface area contributed by atoms with Gasteiger partial charge in [-0.1, -0.05) is 36.4 Å². The van der Waals surface area contributed by atoms with E-state index in [4.69, 9.17) is 0 Å². The van der Waals surface area contributed by atoms with Crippen LogP contribution in [0, 0.1) is 0 Å². The van der Waals surface area contributed by atoms with E-state index in [1.165, 1.54) is 12.0 Å². The Morgan fingerprint density at radius 2 is 1.69 bits per heavy atom. The van der Waals surface area contributed by atoms with Gasteiger partial charge in [0.15, 0.2) is 6.17 Å². The average molecular weight is 441 g/mol. The number of urea groups is 2. The summed E-state index contributed by atoms with van der Waals surface area (Å²) >= 11 is 0. The lowest BCUT2D eigenvalue weighted by molar-refractivity contribution is -0.140. The number of ether oxygens (including phenoxy) is 1. The Bertz CT molecular complexity index is 951. The fourth-order valence-electron chi connectivity index (χ4n) is 3.87. The Balaban J connectivity index is 1.89. The van der Waals surface area contributed by atoms with Crippen molar-refractivity contribution in [2.24, 2.45) is 0 Å². The van der Waals surface area contributed by atoms with E-state index in [2.05, 4.69) is 10.1 Å². The molecule has 9 nitrogen and oxygen atoms in total. The minimum absolute atomic E-state index is 0.156. The van der Waals surface area contributed by atoms with Crippen molar-refractivity contribution in [1.29, 1.82) is 0 Å². The third kappa shape index (κ3) is 4.67. The molecule has 2 aromatic carbocycles. The van der Waals surface area contributed by atoms with E-state index in [1.807, 2.05) is 12.1 Å². The summed E-state index contributed by atoms with van der Waals surface area (Å²) in [5, 5.41) is 14.2. The van der Waals surface area contributed by atoms with Gasteiger partial charge >= 0.3 is 18.0 Å². The summed E-state index contributed by atoms with van der Waals surface area (Å²) in [6.07, 6.45) is -0.470. The molecule has 9 heteroatoms. The summed E-state index contributed by atoms with van der Waals surface area (Å²) in [6.45, 7) is 3.81. The number of anilines is 2. The molecule has 1 fully saturated rings. The van der Waals surface area contributed by atoms with Gasteiger partial charge in [-0.3, -0.25) is 14.9 Å². The maximum Gasteiger partial charge on any atom is 0.347 e. The van der Waals surface area contributed by atoms with Crippen LogP contribution in [0.15, 0.2) is 60.7 Å². The topological polar surface area (TPSA) is 102 Å². The number of esters is 1. The predicted molar refractivity (Wildman–Crippen MR) is 119 cm³/mol. The Hall–Kier alpha value is -3.59. The number of amides is 4. The standard InChI is InChI=1S/C23H28N4O5/c1-23(2)20(27(31)21(29)24-17-11-6-4-7-12-17)26(18-13-8-5-9-14-18)22(30)25(23)16-10-15-19(28)32-3/h4-9,11-14,20,31H,10,15-16H2,1-3H3,(H,24,29). The molecule has 0 spiro atoms. The molecule has 3 rings (SSSR count). The number of carbonyl (C=O) groups excluding carboxylic acids is 3. The van der Waals surface area contributed by atoms with Crippen LogP contribution in [-0.2, 0) is 9.53 Å². The van der Waals surface area contributed by atoms with Gasteiger partial charge in [0.25, 0.3) is 0 Å². The number of para-hydroxylation sites is 2. The summed E-state index contributed by atoms with van der Waals surface area (Å²) in [5.41, 5.74) is 0.0868. The van der Waals surface area contributed by atoms with E-state index in [1.54, 1.807) is 67.3 Å². The predicted octanol–water partition coefficient (Wildman–Crippen LogP) is 3.91. The number of nitrogens with one attached hydrogen (secondary N) is 1. The Morgan fingerprint density at radius 1 is 1.09 bits per heavy atom. The fourth-order valence-corrected chi connectivity index (χ4v) is 3.87. The second-order valence-corrected chi connectivity index (χ2v) is 7.99. The highest BCUT2D eigenvalue weighted by Gasteiger charge is 2.55. The van der Waals surface area contributed by atoms with Gasteiger partial charge in [0.05, 0.1) is 12.6 Å². The first-order valence-electron chi connectivity index (χ1n) is 10.3. The molecule has 2 N–H and O–H groups in total. The number of methoxy groups -OCH3 is 1. The molecule has 1 aliphatic heterocycles. The second-order valence-electron chi connectivity index (χ2n) is 7.99. The first kappa shape index (κ1) is 23.1. The van der Waals surface area contributed by atoms with Gasteiger partial charge in [-0.25, -0.2) is 9.59 Å². The molecule has 1 unspecified atom stereocenters. The van der Waals surface area contributed by atoms with Crippen LogP contribution in [0.4, 0.5) is 21.0 Å². The van der Waals surface area contributed by atoms with Crippen molar-refractivity contribution in [3.8, 4) is 0 Å². The van der Waals surface area contributed by atoms with Gasteiger partial charge < -0.3 is 15.0 Å². The molecular formula is C23H28N4O5. The lowest BCUT2D eigenvalue weighted by Crippen LogP contribution is -2.58. The fraction of sp³-hybridized carbons (Fsp3) is 0.348. The highest BCUT2D eigenvalue weighted by Crippen LogP contribution is 2.38. The van der Waals surface area contributed by atoms with Crippen LogP contribution in [0.2, 0.25) is 0 Å². The number of hydroxylamine groups is 2. The average Bonchev–Trinajstić information content (AvgIpc) is 2.99. The van der Waals surface area contributed by atoms with Crippen LogP contribution in [0.5, 0.6) is 0 Å². The van der Waals surface area contributed by atoms with E-state index in [0.717, 1.165) is 0 Å². The summed E-state index contributed by atoms with van der Waals surface area (Å²) in [7, 11) is 1.31. The monoisotopic (exact) mass is 440 g/mol. The first-order chi connectivity index (χ1) is 15.3. The first-order valence-corrected chi connectivity index (χ1v) is 10.3. The number of rotatable bonds is 7. The van der Waals surface area contributed by atoms with E-state index in [9.17, 15) is 19.6 Å². The van der Waals surface area contributed by atoms with Crippen molar-refractivity contribution in [3.63, 3.8) is 0 Å². The van der Waals surface area contributed by atoms with Gasteiger partial charge in [-0.15, -0.1) is 0 Å². The Morgan fingerprint density at radius 3 is 2.28 bits per heavy atom. The van der Waals surface area contributed by atoms with Crippen LogP contribution >= 0.6 is 0 Å². The summed E-state index contributed by atoms with van der Waals surface area (Å²) in [4.78, 5) is 40.8. The largest absolute Gasteiger partial charge is 0.469 e. The summed E-state index contributed by atoms with van der Waals surface area (Å²) in [6, 6.07) is 16.4. The number of nitrogens with zero attached hydrogens (tertiary/aromatic N) is 3. The van der Waals surface area contributed by atoms with E-state index in [0.29, 0.717) is 22.9 Å². The minimum Gasteiger partial charge on any atom is -0.469 e. The molecule has 0 aliphatic carbocycles. The molecule has 1 atom stereocenters. The van der Waals surface area contributed by atoms with Crippen molar-refractivity contribution >= 4 is 29.4 Å². The van der Waals surface area contributed by atoms with Crippen molar-refractivity contribution in [1.82, 2.24) is 9.96 Å². The number of hydrogen-bond acceptors (Lipinski definition) is 5. The van der Waals surface area contributed by atoms with Crippen molar-refractivity contribution in [2.45, 2.75) is 38.4 Å². The molecule has 0 aromatic heterocycles. The molecule has 32 heavy (non-hydrogen) atoms. The molecule has 1 aliphatic rings. The van der Waals surface area contributed by atoms with Crippen LogP contribution < -0.4 is 10.2 Å². The molecule has 4 amide bonds. The van der Waals surface area contributed by atoms with Gasteiger partial charge in [0.1, 0.15) is 0 Å². The number of benzene rings is 2. The highest BCUT2D eigenvalue weighted by molar-refractivity contribution is 5.98. The quantitative estimate of drug-likeness (QED) is 0.386. The third-order valence-electron chi connectivity index (χ3n) is 5.50. The zero-order valence-corrected chi connectivity index (χ0v) is 18.4. The van der Waals surface area contributed by atoms with E-state index < -0.39 is 17.7 Å². The van der Waals surface area contributed by atoms with Crippen molar-refractivity contribution in [3.05, 3.63) is 60.7 Å². The lowest BCUT2D eigenvalue weighted by Gasteiger charge is -2.38. The summed E-state index contributed by atoms with van der Waals surface area (Å²) in [5.74, 6) is -0.364. The molecule has 1 saturated heterocycles. The lowest BCUT2D eigenvalue weighted by atomic mass is 9.99. The van der Waals surface area contributed by atoms with Crippen LogP contribution in [0.1, 0.15) is 26.7 Å². The van der Waals surface area contributed by atoms with Crippen LogP contribution in [-0.4, -0.2) is 58.6 Å². The SMILES string of the molecule is COC(=O)CCCN1C(=O)N(c2ccccc2)C(N(O)C(=O)Nc2ccccc2)C1(C)C. The number of hydrogen-bond donors (Lipinski definition) is 2. The van der Waals surface area contributed by atoms with Crippen LogP contribution in [0.3, 0.4) is 0 Å². The molecule has 1 heterocycles. The smallest absolute Gasteiger partial charge is 0.347 e. The Labute approximate surface area is 187 Å². The number of carbonyl (C=O) groups is 3. The Kier molecular flexibility index (Phi) is 6.99. The third-order valence-corrected chi connectivity index (χ3v) is 5.50. The van der Waals surface area contributed by atoms with E-state index in [-0.39, 0.29) is 25.0 Å². The van der Waals surface area contributed by atoms with Gasteiger partial charge in [-0.2, -0.15) is 5.06 Å². The molecule has 2 aromatic rings. The zero-order valence-electron chi connectivity index (χ0n) is 18.4. The molecular weight excluding hydrogens is 412 g/mol. The second kappa shape index (κ2) is 9.69. The van der Waals surface area contributed by atoms with Gasteiger partial charge in [-0.05, 0) is 44.5 Å².